The Morgan fingerprint density at radius 1 is 1.42 bits per heavy atom. The van der Waals surface area contributed by atoms with Crippen molar-refractivity contribution in [3.05, 3.63) is 45.4 Å². The van der Waals surface area contributed by atoms with Crippen LogP contribution in [0.2, 0.25) is 0 Å². The number of hydrogen-bond acceptors (Lipinski definition) is 4. The van der Waals surface area contributed by atoms with Crippen LogP contribution < -0.4 is 4.90 Å². The van der Waals surface area contributed by atoms with Crippen LogP contribution in [0.4, 0.5) is 5.69 Å². The van der Waals surface area contributed by atoms with Crippen LogP contribution in [0.3, 0.4) is 0 Å². The van der Waals surface area contributed by atoms with Crippen molar-refractivity contribution in [2.45, 2.75) is 27.3 Å². The van der Waals surface area contributed by atoms with Crippen LogP contribution >= 0.6 is 11.3 Å². The van der Waals surface area contributed by atoms with Crippen molar-refractivity contribution in [3.63, 3.8) is 0 Å². The molecule has 0 aromatic carbocycles. The van der Waals surface area contributed by atoms with E-state index in [2.05, 4.69) is 40.4 Å². The van der Waals surface area contributed by atoms with Gasteiger partial charge in [0.15, 0.2) is 0 Å². The van der Waals surface area contributed by atoms with Crippen LogP contribution in [0.1, 0.15) is 28.8 Å². The van der Waals surface area contributed by atoms with Crippen molar-refractivity contribution in [1.29, 1.82) is 5.26 Å². The largest absolute Gasteiger partial charge is 0.365 e. The molecule has 0 fully saturated rings. The number of anilines is 1. The number of aromatic nitrogens is 1. The molecule has 0 aliphatic rings. The second kappa shape index (κ2) is 5.85. The van der Waals surface area contributed by atoms with Crippen molar-refractivity contribution in [2.24, 2.45) is 0 Å². The van der Waals surface area contributed by atoms with Crippen molar-refractivity contribution in [2.75, 3.05) is 11.4 Å². The molecule has 2 aromatic heterocycles. The molecule has 0 bridgehead atoms. The molecular weight excluding hydrogens is 254 g/mol. The van der Waals surface area contributed by atoms with Crippen LogP contribution in [-0.4, -0.2) is 11.5 Å². The minimum Gasteiger partial charge on any atom is -0.365 e. The molecule has 0 aliphatic carbocycles. The first kappa shape index (κ1) is 13.6. The second-order valence-electron chi connectivity index (χ2n) is 4.45. The Morgan fingerprint density at radius 2 is 2.21 bits per heavy atom. The summed E-state index contributed by atoms with van der Waals surface area (Å²) >= 11 is 1.74. The van der Waals surface area contributed by atoms with Gasteiger partial charge in [0.1, 0.15) is 6.07 Å². The van der Waals surface area contributed by atoms with Gasteiger partial charge in [-0.25, -0.2) is 0 Å². The Balaban J connectivity index is 2.40. The van der Waals surface area contributed by atoms with Crippen LogP contribution in [0.25, 0.3) is 0 Å². The van der Waals surface area contributed by atoms with Gasteiger partial charge in [0.2, 0.25) is 0 Å². The Kier molecular flexibility index (Phi) is 4.18. The summed E-state index contributed by atoms with van der Waals surface area (Å²) in [7, 11) is 0. The normalized spacial score (nSPS) is 10.2. The van der Waals surface area contributed by atoms with Gasteiger partial charge in [-0.1, -0.05) is 6.07 Å². The molecule has 0 unspecified atom stereocenters. The molecule has 0 spiro atoms. The van der Waals surface area contributed by atoms with E-state index < -0.39 is 0 Å². The highest BCUT2D eigenvalue weighted by molar-refractivity contribution is 7.09. The van der Waals surface area contributed by atoms with E-state index >= 15 is 0 Å². The van der Waals surface area contributed by atoms with Crippen molar-refractivity contribution >= 4 is 17.0 Å². The highest BCUT2D eigenvalue weighted by Crippen LogP contribution is 2.25. The van der Waals surface area contributed by atoms with Gasteiger partial charge < -0.3 is 4.90 Å². The smallest absolute Gasteiger partial charge is 0.103 e. The summed E-state index contributed by atoms with van der Waals surface area (Å²) < 4.78 is 0. The quantitative estimate of drug-likeness (QED) is 0.852. The molecule has 2 aromatic rings. The summed E-state index contributed by atoms with van der Waals surface area (Å²) in [6, 6.07) is 8.47. The van der Waals surface area contributed by atoms with E-state index in [1.54, 1.807) is 11.3 Å². The third kappa shape index (κ3) is 2.94. The van der Waals surface area contributed by atoms with E-state index in [4.69, 9.17) is 0 Å². The highest BCUT2D eigenvalue weighted by atomic mass is 32.1. The molecule has 98 valence electrons. The zero-order chi connectivity index (χ0) is 13.8. The molecule has 0 N–H and O–H groups in total. The standard InChI is InChI=1S/C15H17N3S/c1-4-18(10-13-6-5-7-19-13)15-8-11(2)17-12(3)14(15)9-16/h5-8H,4,10H2,1-3H3. The number of nitriles is 1. The summed E-state index contributed by atoms with van der Waals surface area (Å²) in [6.07, 6.45) is 0. The first-order valence-electron chi connectivity index (χ1n) is 6.31. The van der Waals surface area contributed by atoms with Gasteiger partial charge in [0.25, 0.3) is 0 Å². The lowest BCUT2D eigenvalue weighted by atomic mass is 10.1. The molecule has 0 aliphatic heterocycles. The number of pyridine rings is 1. The average Bonchev–Trinajstić information content (AvgIpc) is 2.88. The first-order chi connectivity index (χ1) is 9.15. The Hall–Kier alpha value is -1.86. The van der Waals surface area contributed by atoms with Gasteiger partial charge in [-0.2, -0.15) is 5.26 Å². The van der Waals surface area contributed by atoms with Gasteiger partial charge in [0, 0.05) is 17.1 Å². The van der Waals surface area contributed by atoms with Crippen LogP contribution in [0.15, 0.2) is 23.6 Å². The summed E-state index contributed by atoms with van der Waals surface area (Å²) in [4.78, 5) is 7.90. The number of nitrogens with zero attached hydrogens (tertiary/aromatic N) is 3. The van der Waals surface area contributed by atoms with E-state index in [9.17, 15) is 5.26 Å². The molecule has 0 radical (unpaired) electrons. The van der Waals surface area contributed by atoms with Crippen molar-refractivity contribution < 1.29 is 0 Å². The maximum absolute atomic E-state index is 9.35. The molecule has 0 atom stereocenters. The van der Waals surface area contributed by atoms with Gasteiger partial charge in [-0.15, -0.1) is 11.3 Å². The second-order valence-corrected chi connectivity index (χ2v) is 5.48. The Labute approximate surface area is 118 Å². The monoisotopic (exact) mass is 271 g/mol. The highest BCUT2D eigenvalue weighted by Gasteiger charge is 2.14. The molecule has 0 saturated heterocycles. The lowest BCUT2D eigenvalue weighted by molar-refractivity contribution is 0.835. The van der Waals surface area contributed by atoms with E-state index in [-0.39, 0.29) is 0 Å². The predicted octanol–water partition coefficient (Wildman–Crippen LogP) is 3.66. The van der Waals surface area contributed by atoms with Gasteiger partial charge in [-0.05, 0) is 38.3 Å². The van der Waals surface area contributed by atoms with E-state index in [1.165, 1.54) is 4.88 Å². The maximum atomic E-state index is 9.35. The van der Waals surface area contributed by atoms with Crippen molar-refractivity contribution in [3.8, 4) is 6.07 Å². The lowest BCUT2D eigenvalue weighted by Gasteiger charge is -2.24. The molecule has 0 saturated carbocycles. The average molecular weight is 271 g/mol. The predicted molar refractivity (Wildman–Crippen MR) is 79.5 cm³/mol. The number of rotatable bonds is 4. The first-order valence-corrected chi connectivity index (χ1v) is 7.19. The third-order valence-corrected chi connectivity index (χ3v) is 3.93. The van der Waals surface area contributed by atoms with Crippen LogP contribution in [0, 0.1) is 25.2 Å². The SMILES string of the molecule is CCN(Cc1cccs1)c1cc(C)nc(C)c1C#N. The number of thiophene rings is 1. The summed E-state index contributed by atoms with van der Waals surface area (Å²) in [5.74, 6) is 0. The van der Waals surface area contributed by atoms with E-state index in [1.807, 2.05) is 19.9 Å². The molecule has 2 rings (SSSR count). The zero-order valence-electron chi connectivity index (χ0n) is 11.5. The Morgan fingerprint density at radius 3 is 2.79 bits per heavy atom. The minimum absolute atomic E-state index is 0.684. The molecule has 19 heavy (non-hydrogen) atoms. The molecular formula is C15H17N3S. The lowest BCUT2D eigenvalue weighted by Crippen LogP contribution is -2.23. The number of hydrogen-bond donors (Lipinski definition) is 0. The van der Waals surface area contributed by atoms with E-state index in [0.29, 0.717) is 5.56 Å². The summed E-state index contributed by atoms with van der Waals surface area (Å²) in [6.45, 7) is 7.69. The van der Waals surface area contributed by atoms with Gasteiger partial charge in [-0.3, -0.25) is 4.98 Å². The van der Waals surface area contributed by atoms with Crippen LogP contribution in [0.5, 0.6) is 0 Å². The van der Waals surface area contributed by atoms with Gasteiger partial charge in [0.05, 0.1) is 23.5 Å². The third-order valence-electron chi connectivity index (χ3n) is 3.07. The molecule has 0 amide bonds. The minimum atomic E-state index is 0.684. The fourth-order valence-electron chi connectivity index (χ4n) is 2.15. The fourth-order valence-corrected chi connectivity index (χ4v) is 2.87. The van der Waals surface area contributed by atoms with Crippen LogP contribution in [-0.2, 0) is 6.54 Å². The van der Waals surface area contributed by atoms with Gasteiger partial charge >= 0.3 is 0 Å². The van der Waals surface area contributed by atoms with Crippen molar-refractivity contribution in [1.82, 2.24) is 4.98 Å². The van der Waals surface area contributed by atoms with E-state index in [0.717, 1.165) is 30.2 Å². The molecule has 3 nitrogen and oxygen atoms in total. The summed E-state index contributed by atoms with van der Waals surface area (Å²) in [5.41, 5.74) is 3.44. The molecule has 4 heteroatoms. The number of aryl methyl sites for hydroxylation is 2. The maximum Gasteiger partial charge on any atom is 0.103 e. The molecule has 2 heterocycles. The topological polar surface area (TPSA) is 39.9 Å². The fraction of sp³-hybridized carbons (Fsp3) is 0.333. The zero-order valence-corrected chi connectivity index (χ0v) is 12.3. The summed E-state index contributed by atoms with van der Waals surface area (Å²) in [5, 5.41) is 11.4. The Bertz CT molecular complexity index is 597.